The van der Waals surface area contributed by atoms with E-state index in [0.29, 0.717) is 13.2 Å². The van der Waals surface area contributed by atoms with Crippen LogP contribution in [0.1, 0.15) is 47.0 Å². The van der Waals surface area contributed by atoms with Gasteiger partial charge in [0.25, 0.3) is 0 Å². The van der Waals surface area contributed by atoms with Crippen LogP contribution in [0.4, 0.5) is 0 Å². The van der Waals surface area contributed by atoms with Crippen LogP contribution in [0.25, 0.3) is 0 Å². The summed E-state index contributed by atoms with van der Waals surface area (Å²) >= 11 is 0. The van der Waals surface area contributed by atoms with Crippen LogP contribution in [0.3, 0.4) is 0 Å². The Morgan fingerprint density at radius 1 is 1.25 bits per heavy atom. The number of rotatable bonds is 9. The van der Waals surface area contributed by atoms with E-state index in [1.54, 1.807) is 0 Å². The van der Waals surface area contributed by atoms with Crippen molar-refractivity contribution >= 4 is 5.97 Å². The molecule has 0 aromatic carbocycles. The van der Waals surface area contributed by atoms with Crippen LogP contribution in [0.15, 0.2) is 0 Å². The molecule has 16 heavy (non-hydrogen) atoms. The molecular weight excluding hydrogens is 202 g/mol. The topological polar surface area (TPSA) is 29.5 Å². The summed E-state index contributed by atoms with van der Waals surface area (Å²) < 4.78 is 4.97. The highest BCUT2D eigenvalue weighted by molar-refractivity contribution is 5.71. The molecule has 0 unspecified atom stereocenters. The molecule has 0 heterocycles. The first kappa shape index (κ1) is 15.4. The van der Waals surface area contributed by atoms with Gasteiger partial charge in [0, 0.05) is 0 Å². The van der Waals surface area contributed by atoms with Gasteiger partial charge in [0.15, 0.2) is 0 Å². The highest BCUT2D eigenvalue weighted by Crippen LogP contribution is 2.05. The Hall–Kier alpha value is -0.570. The van der Waals surface area contributed by atoms with Crippen LogP contribution in [0, 0.1) is 5.92 Å². The zero-order valence-electron chi connectivity index (χ0n) is 11.3. The minimum atomic E-state index is -0.0968. The predicted molar refractivity (Wildman–Crippen MR) is 67.4 cm³/mol. The van der Waals surface area contributed by atoms with Crippen molar-refractivity contribution in [1.29, 1.82) is 0 Å². The van der Waals surface area contributed by atoms with E-state index in [1.165, 1.54) is 6.42 Å². The molecule has 0 radical (unpaired) electrons. The van der Waals surface area contributed by atoms with Crippen molar-refractivity contribution in [3.63, 3.8) is 0 Å². The Kier molecular flexibility index (Phi) is 9.30. The molecule has 0 rings (SSSR count). The molecule has 0 aliphatic rings. The summed E-state index contributed by atoms with van der Waals surface area (Å²) in [6.45, 7) is 11.4. The van der Waals surface area contributed by atoms with Gasteiger partial charge >= 0.3 is 5.97 Å². The summed E-state index contributed by atoms with van der Waals surface area (Å²) in [6, 6.07) is 0. The van der Waals surface area contributed by atoms with Crippen LogP contribution in [-0.2, 0) is 9.53 Å². The summed E-state index contributed by atoms with van der Waals surface area (Å²) in [5.41, 5.74) is 0. The summed E-state index contributed by atoms with van der Waals surface area (Å²) in [6.07, 6.45) is 3.47. The first-order chi connectivity index (χ1) is 7.60. The van der Waals surface area contributed by atoms with Crippen LogP contribution >= 0.6 is 0 Å². The molecule has 0 fully saturated rings. The SMILES string of the molecule is CCCN(CCCC(C)C)CC(=O)OCC. The van der Waals surface area contributed by atoms with Crippen molar-refractivity contribution in [3.8, 4) is 0 Å². The second-order valence-corrected chi connectivity index (χ2v) is 4.62. The predicted octanol–water partition coefficient (Wildman–Crippen LogP) is 2.70. The molecule has 0 saturated carbocycles. The minimum absolute atomic E-state index is 0.0968. The van der Waals surface area contributed by atoms with Gasteiger partial charge in [0.05, 0.1) is 13.2 Å². The van der Waals surface area contributed by atoms with E-state index in [2.05, 4.69) is 25.7 Å². The lowest BCUT2D eigenvalue weighted by atomic mass is 10.1. The second kappa shape index (κ2) is 9.64. The van der Waals surface area contributed by atoms with Crippen LogP contribution in [0.2, 0.25) is 0 Å². The zero-order valence-corrected chi connectivity index (χ0v) is 11.3. The average Bonchev–Trinajstić information content (AvgIpc) is 2.17. The van der Waals surface area contributed by atoms with E-state index in [9.17, 15) is 4.79 Å². The van der Waals surface area contributed by atoms with Crippen LogP contribution < -0.4 is 0 Å². The number of carbonyl (C=O) groups is 1. The van der Waals surface area contributed by atoms with Gasteiger partial charge in [-0.05, 0) is 45.2 Å². The average molecular weight is 229 g/mol. The van der Waals surface area contributed by atoms with Gasteiger partial charge < -0.3 is 4.74 Å². The van der Waals surface area contributed by atoms with Gasteiger partial charge in [0.2, 0.25) is 0 Å². The molecule has 3 heteroatoms. The fourth-order valence-electron chi connectivity index (χ4n) is 1.70. The normalized spacial score (nSPS) is 11.1. The van der Waals surface area contributed by atoms with Crippen molar-refractivity contribution in [3.05, 3.63) is 0 Å². The third-order valence-corrected chi connectivity index (χ3v) is 2.45. The Bertz CT molecular complexity index is 181. The standard InChI is InChI=1S/C13H27NO2/c1-5-9-14(10-7-8-12(3)4)11-13(15)16-6-2/h12H,5-11H2,1-4H3. The molecular formula is C13H27NO2. The number of hydrogen-bond acceptors (Lipinski definition) is 3. The molecule has 0 aliphatic heterocycles. The Morgan fingerprint density at radius 2 is 1.94 bits per heavy atom. The maximum Gasteiger partial charge on any atom is 0.320 e. The number of ether oxygens (including phenoxy) is 1. The summed E-state index contributed by atoms with van der Waals surface area (Å²) in [5.74, 6) is 0.645. The summed E-state index contributed by atoms with van der Waals surface area (Å²) in [4.78, 5) is 13.6. The lowest BCUT2D eigenvalue weighted by Gasteiger charge is -2.20. The maximum absolute atomic E-state index is 11.4. The lowest BCUT2D eigenvalue weighted by Crippen LogP contribution is -2.32. The van der Waals surface area contributed by atoms with Crippen molar-refractivity contribution in [2.24, 2.45) is 5.92 Å². The largest absolute Gasteiger partial charge is 0.465 e. The number of nitrogens with zero attached hydrogens (tertiary/aromatic N) is 1. The Morgan fingerprint density at radius 3 is 2.44 bits per heavy atom. The van der Waals surface area contributed by atoms with E-state index < -0.39 is 0 Å². The summed E-state index contributed by atoms with van der Waals surface area (Å²) in [5, 5.41) is 0. The molecule has 0 atom stereocenters. The van der Waals surface area contributed by atoms with Gasteiger partial charge in [-0.2, -0.15) is 0 Å². The fraction of sp³-hybridized carbons (Fsp3) is 0.923. The van der Waals surface area contributed by atoms with E-state index >= 15 is 0 Å². The molecule has 0 aromatic heterocycles. The molecule has 0 spiro atoms. The van der Waals surface area contributed by atoms with Gasteiger partial charge in [-0.15, -0.1) is 0 Å². The molecule has 0 aliphatic carbocycles. The van der Waals surface area contributed by atoms with E-state index in [-0.39, 0.29) is 5.97 Å². The van der Waals surface area contributed by atoms with Crippen LogP contribution in [-0.4, -0.2) is 37.1 Å². The monoisotopic (exact) mass is 229 g/mol. The van der Waals surface area contributed by atoms with Gasteiger partial charge in [-0.1, -0.05) is 20.8 Å². The molecule has 96 valence electrons. The third-order valence-electron chi connectivity index (χ3n) is 2.45. The molecule has 0 bridgehead atoms. The second-order valence-electron chi connectivity index (χ2n) is 4.62. The van der Waals surface area contributed by atoms with E-state index in [0.717, 1.165) is 31.8 Å². The van der Waals surface area contributed by atoms with Crippen molar-refractivity contribution < 1.29 is 9.53 Å². The molecule has 0 amide bonds. The molecule has 0 saturated heterocycles. The van der Waals surface area contributed by atoms with Crippen molar-refractivity contribution in [2.45, 2.75) is 47.0 Å². The van der Waals surface area contributed by atoms with Gasteiger partial charge in [-0.25, -0.2) is 0 Å². The fourth-order valence-corrected chi connectivity index (χ4v) is 1.70. The zero-order chi connectivity index (χ0) is 12.4. The quantitative estimate of drug-likeness (QED) is 0.569. The number of hydrogen-bond donors (Lipinski definition) is 0. The molecule has 0 N–H and O–H groups in total. The lowest BCUT2D eigenvalue weighted by molar-refractivity contribution is -0.144. The number of carbonyl (C=O) groups excluding carboxylic acids is 1. The third kappa shape index (κ3) is 8.72. The highest BCUT2D eigenvalue weighted by atomic mass is 16.5. The smallest absolute Gasteiger partial charge is 0.320 e. The number of esters is 1. The Balaban J connectivity index is 3.82. The first-order valence-corrected chi connectivity index (χ1v) is 6.48. The molecule has 3 nitrogen and oxygen atoms in total. The van der Waals surface area contributed by atoms with Gasteiger partial charge in [0.1, 0.15) is 0 Å². The van der Waals surface area contributed by atoms with Crippen molar-refractivity contribution in [2.75, 3.05) is 26.2 Å². The minimum Gasteiger partial charge on any atom is -0.465 e. The van der Waals surface area contributed by atoms with Crippen LogP contribution in [0.5, 0.6) is 0 Å². The van der Waals surface area contributed by atoms with E-state index in [4.69, 9.17) is 4.74 Å². The first-order valence-electron chi connectivity index (χ1n) is 6.48. The highest BCUT2D eigenvalue weighted by Gasteiger charge is 2.10. The Labute approximate surface area is 100 Å². The van der Waals surface area contributed by atoms with Crippen molar-refractivity contribution in [1.82, 2.24) is 4.90 Å². The summed E-state index contributed by atoms with van der Waals surface area (Å²) in [7, 11) is 0. The molecule has 0 aromatic rings. The van der Waals surface area contributed by atoms with E-state index in [1.807, 2.05) is 6.92 Å². The van der Waals surface area contributed by atoms with Gasteiger partial charge in [-0.3, -0.25) is 9.69 Å². The maximum atomic E-state index is 11.4.